The molecule has 0 atom stereocenters. The van der Waals surface area contributed by atoms with Gasteiger partial charge in [-0.15, -0.1) is 0 Å². The maximum Gasteiger partial charge on any atom is 0.206 e. The third-order valence-electron chi connectivity index (χ3n) is 6.60. The number of Topliss-reactive ketones (excluding diaryl/α,β-unsaturated/α-hetero) is 1. The molecule has 1 aliphatic carbocycles. The van der Waals surface area contributed by atoms with Crippen LogP contribution < -0.4 is 0 Å². The standard InChI is InChI=1S/C27H24Cl2N2O4S/c1-3-36(33,34)20-6-5-18(30-15-20)14-19(32)11-17-12-21(28)25(22(29)13-17)27(8-9-27)26-31-23-7-4-16(2)10-24(23)35-26/h4-7,10,12-13,15H,3,8-9,11,14H2,1-2H3. The van der Waals surface area contributed by atoms with E-state index >= 15 is 0 Å². The number of carbonyl (C=O) groups excluding carboxylic acids is 1. The number of benzene rings is 2. The number of fused-ring (bicyclic) bond motifs is 1. The van der Waals surface area contributed by atoms with E-state index in [0.29, 0.717) is 27.2 Å². The summed E-state index contributed by atoms with van der Waals surface area (Å²) in [4.78, 5) is 21.7. The van der Waals surface area contributed by atoms with Crippen LogP contribution in [0.2, 0.25) is 10.0 Å². The van der Waals surface area contributed by atoms with Crippen molar-refractivity contribution in [2.24, 2.45) is 0 Å². The molecule has 0 N–H and O–H groups in total. The molecule has 36 heavy (non-hydrogen) atoms. The summed E-state index contributed by atoms with van der Waals surface area (Å²) in [5.41, 5.74) is 4.15. The van der Waals surface area contributed by atoms with Gasteiger partial charge in [0.15, 0.2) is 15.4 Å². The molecule has 2 heterocycles. The van der Waals surface area contributed by atoms with Crippen molar-refractivity contribution in [3.05, 3.63) is 87.0 Å². The Balaban J connectivity index is 1.34. The van der Waals surface area contributed by atoms with Crippen LogP contribution in [0, 0.1) is 6.92 Å². The summed E-state index contributed by atoms with van der Waals surface area (Å²) in [6, 6.07) is 12.5. The fourth-order valence-corrected chi connectivity index (χ4v) is 6.19. The van der Waals surface area contributed by atoms with Crippen molar-refractivity contribution < 1.29 is 17.6 Å². The Hall–Kier alpha value is -2.74. The quantitative estimate of drug-likeness (QED) is 0.268. The van der Waals surface area contributed by atoms with E-state index in [4.69, 9.17) is 32.6 Å². The lowest BCUT2D eigenvalue weighted by atomic mass is 9.93. The number of rotatable bonds is 8. The highest BCUT2D eigenvalue weighted by Gasteiger charge is 2.52. The SMILES string of the molecule is CCS(=O)(=O)c1ccc(CC(=O)Cc2cc(Cl)c(C3(c4nc5ccc(C)cc5o4)CC3)c(Cl)c2)nc1. The van der Waals surface area contributed by atoms with E-state index in [0.717, 1.165) is 35.1 Å². The lowest BCUT2D eigenvalue weighted by molar-refractivity contribution is -0.117. The van der Waals surface area contributed by atoms with Gasteiger partial charge in [-0.1, -0.05) is 36.2 Å². The number of ketones is 1. The highest BCUT2D eigenvalue weighted by Crippen LogP contribution is 2.57. The number of oxazole rings is 1. The Labute approximate surface area is 219 Å². The Bertz CT molecular complexity index is 1570. The first-order valence-electron chi connectivity index (χ1n) is 11.7. The maximum atomic E-state index is 12.7. The van der Waals surface area contributed by atoms with Crippen molar-refractivity contribution >= 4 is 49.9 Å². The van der Waals surface area contributed by atoms with Gasteiger partial charge in [-0.2, -0.15) is 0 Å². The molecule has 0 bridgehead atoms. The van der Waals surface area contributed by atoms with E-state index in [2.05, 4.69) is 4.98 Å². The molecular formula is C27H24Cl2N2O4S. The Morgan fingerprint density at radius 3 is 2.39 bits per heavy atom. The number of hydrogen-bond donors (Lipinski definition) is 0. The topological polar surface area (TPSA) is 90.1 Å². The number of carbonyl (C=O) groups is 1. The fraction of sp³-hybridized carbons (Fsp3) is 0.296. The summed E-state index contributed by atoms with van der Waals surface area (Å²) < 4.78 is 30.0. The molecule has 6 nitrogen and oxygen atoms in total. The first-order chi connectivity index (χ1) is 17.1. The van der Waals surface area contributed by atoms with Crippen LogP contribution in [0.4, 0.5) is 0 Å². The number of aryl methyl sites for hydroxylation is 1. The highest BCUT2D eigenvalue weighted by atomic mass is 35.5. The second kappa shape index (κ2) is 9.29. The molecule has 2 aromatic heterocycles. The van der Waals surface area contributed by atoms with Crippen LogP contribution in [-0.4, -0.2) is 29.9 Å². The molecule has 9 heteroatoms. The van der Waals surface area contributed by atoms with Crippen molar-refractivity contribution in [2.75, 3.05) is 5.75 Å². The van der Waals surface area contributed by atoms with E-state index in [1.165, 1.54) is 12.3 Å². The molecule has 2 aromatic carbocycles. The molecule has 1 saturated carbocycles. The normalized spacial score (nSPS) is 14.8. The first-order valence-corrected chi connectivity index (χ1v) is 14.1. The second-order valence-electron chi connectivity index (χ2n) is 9.29. The van der Waals surface area contributed by atoms with Gasteiger partial charge in [-0.25, -0.2) is 13.4 Å². The average Bonchev–Trinajstić information content (AvgIpc) is 3.50. The molecule has 4 aromatic rings. The van der Waals surface area contributed by atoms with Crippen molar-refractivity contribution in [3.63, 3.8) is 0 Å². The third-order valence-corrected chi connectivity index (χ3v) is 8.92. The van der Waals surface area contributed by atoms with Gasteiger partial charge >= 0.3 is 0 Å². The molecule has 0 saturated heterocycles. The van der Waals surface area contributed by atoms with Crippen LogP contribution in [0.25, 0.3) is 11.1 Å². The van der Waals surface area contributed by atoms with E-state index in [1.54, 1.807) is 25.1 Å². The zero-order valence-corrected chi connectivity index (χ0v) is 22.2. The summed E-state index contributed by atoms with van der Waals surface area (Å²) in [5.74, 6) is 0.525. The van der Waals surface area contributed by atoms with Gasteiger partial charge in [0.05, 0.1) is 16.1 Å². The fourth-order valence-electron chi connectivity index (χ4n) is 4.48. The molecule has 0 aliphatic heterocycles. The summed E-state index contributed by atoms with van der Waals surface area (Å²) >= 11 is 13.4. The minimum Gasteiger partial charge on any atom is -0.440 e. The number of nitrogens with zero attached hydrogens (tertiary/aromatic N) is 2. The predicted molar refractivity (Wildman–Crippen MR) is 140 cm³/mol. The van der Waals surface area contributed by atoms with E-state index in [1.807, 2.05) is 25.1 Å². The Kier molecular flexibility index (Phi) is 6.43. The smallest absolute Gasteiger partial charge is 0.206 e. The predicted octanol–water partition coefficient (Wildman–Crippen LogP) is 6.07. The molecule has 0 radical (unpaired) electrons. The zero-order valence-electron chi connectivity index (χ0n) is 19.8. The van der Waals surface area contributed by atoms with Crippen LogP contribution in [0.1, 0.15) is 48.0 Å². The van der Waals surface area contributed by atoms with Gasteiger partial charge in [-0.05, 0) is 67.3 Å². The number of halogens is 2. The van der Waals surface area contributed by atoms with Gasteiger partial charge in [0.25, 0.3) is 0 Å². The average molecular weight is 543 g/mol. The largest absolute Gasteiger partial charge is 0.440 e. The lowest BCUT2D eigenvalue weighted by Gasteiger charge is -2.17. The number of hydrogen-bond acceptors (Lipinski definition) is 6. The summed E-state index contributed by atoms with van der Waals surface area (Å²) in [6.07, 6.45) is 3.16. The van der Waals surface area contributed by atoms with Crippen molar-refractivity contribution in [1.82, 2.24) is 9.97 Å². The summed E-state index contributed by atoms with van der Waals surface area (Å²) in [7, 11) is -3.33. The highest BCUT2D eigenvalue weighted by molar-refractivity contribution is 7.91. The molecule has 5 rings (SSSR count). The zero-order chi connectivity index (χ0) is 25.7. The molecule has 1 fully saturated rings. The maximum absolute atomic E-state index is 12.7. The monoisotopic (exact) mass is 542 g/mol. The summed E-state index contributed by atoms with van der Waals surface area (Å²) in [6.45, 7) is 3.58. The van der Waals surface area contributed by atoms with Gasteiger partial charge in [0.2, 0.25) is 5.89 Å². The molecule has 0 unspecified atom stereocenters. The van der Waals surface area contributed by atoms with Crippen LogP contribution >= 0.6 is 23.2 Å². The lowest BCUT2D eigenvalue weighted by Crippen LogP contribution is -2.13. The van der Waals surface area contributed by atoms with Gasteiger partial charge < -0.3 is 4.42 Å². The van der Waals surface area contributed by atoms with Gasteiger partial charge in [0, 0.05) is 40.3 Å². The van der Waals surface area contributed by atoms with Crippen LogP contribution in [0.3, 0.4) is 0 Å². The van der Waals surface area contributed by atoms with Crippen LogP contribution in [0.5, 0.6) is 0 Å². The molecule has 0 spiro atoms. The molecule has 0 amide bonds. The van der Waals surface area contributed by atoms with Crippen molar-refractivity contribution in [3.8, 4) is 0 Å². The van der Waals surface area contributed by atoms with Crippen LogP contribution in [0.15, 0.2) is 58.0 Å². The van der Waals surface area contributed by atoms with Crippen molar-refractivity contribution in [1.29, 1.82) is 0 Å². The minimum absolute atomic E-state index is 0.00215. The second-order valence-corrected chi connectivity index (χ2v) is 12.4. The van der Waals surface area contributed by atoms with E-state index < -0.39 is 15.3 Å². The first kappa shape index (κ1) is 24.9. The van der Waals surface area contributed by atoms with E-state index in [-0.39, 0.29) is 29.3 Å². The van der Waals surface area contributed by atoms with Gasteiger partial charge in [-0.3, -0.25) is 9.78 Å². The molecule has 1 aliphatic rings. The third kappa shape index (κ3) is 4.67. The van der Waals surface area contributed by atoms with E-state index in [9.17, 15) is 13.2 Å². The van der Waals surface area contributed by atoms with Gasteiger partial charge in [0.1, 0.15) is 11.3 Å². The Morgan fingerprint density at radius 2 is 1.78 bits per heavy atom. The van der Waals surface area contributed by atoms with Crippen molar-refractivity contribution in [2.45, 2.75) is 49.8 Å². The summed E-state index contributed by atoms with van der Waals surface area (Å²) in [5, 5.41) is 0.960. The number of pyridine rings is 1. The Morgan fingerprint density at radius 1 is 1.06 bits per heavy atom. The number of aromatic nitrogens is 2. The minimum atomic E-state index is -3.33. The number of sulfone groups is 1. The molecular weight excluding hydrogens is 519 g/mol. The molecule has 186 valence electrons. The van der Waals surface area contributed by atoms with Crippen LogP contribution in [-0.2, 0) is 32.9 Å².